The second kappa shape index (κ2) is 13.8. The summed E-state index contributed by atoms with van der Waals surface area (Å²) >= 11 is 0. The van der Waals surface area contributed by atoms with Crippen molar-refractivity contribution in [2.75, 3.05) is 31.1 Å². The molecule has 1 heterocycles. The minimum absolute atomic E-state index is 0.0174. The maximum absolute atomic E-state index is 13.6. The summed E-state index contributed by atoms with van der Waals surface area (Å²) in [5.74, 6) is 0.964. The largest absolute Gasteiger partial charge is 0.481 e. The van der Waals surface area contributed by atoms with Gasteiger partial charge in [0.15, 0.2) is 9.84 Å². The molecule has 0 radical (unpaired) electrons. The van der Waals surface area contributed by atoms with Crippen LogP contribution in [0.25, 0.3) is 0 Å². The second-order valence-corrected chi connectivity index (χ2v) is 24.3. The van der Waals surface area contributed by atoms with Crippen molar-refractivity contribution in [2.45, 2.75) is 157 Å². The van der Waals surface area contributed by atoms with Crippen LogP contribution in [-0.4, -0.2) is 90.4 Å². The molecule has 6 saturated carbocycles. The number of nitrogens with one attached hydrogen (secondary N) is 1. The highest BCUT2D eigenvalue weighted by Gasteiger charge is 2.71. The van der Waals surface area contributed by atoms with E-state index in [1.807, 2.05) is 20.8 Å². The molecule has 312 valence electrons. The zero-order valence-electron chi connectivity index (χ0n) is 35.6. The standard InChI is InChI=1S/C45H74N2O7S/c1-27(2)29-13-18-45(46-26-33(28(3)48)47-21-23-55(52,53)24-22-47)20-19-43(9)30(37(29)45)11-12-35-42(8)16-15-36(41(6,7)34(42)14-17-44(35,43)10)54-39(51)32-25-31(38(49)50)40(32,4)5/h28-37,46,48H,1,11-26H2,2-10H3,(H,49,50)/t28?,29-,30+,31-,32+,33?,34-,35+,36-,37+,42-,43+,44+,45-/m0/s1. The van der Waals surface area contributed by atoms with Gasteiger partial charge >= 0.3 is 11.9 Å². The van der Waals surface area contributed by atoms with E-state index >= 15 is 0 Å². The van der Waals surface area contributed by atoms with Crippen LogP contribution >= 0.6 is 0 Å². The SMILES string of the molecule is C=C(C)[C@@H]1CC[C@]2(NCC(C(C)O)N3CCS(=O)(=O)CC3)CC[C@]3(C)[C@H](CC[C@@H]4[C@@]5(C)CC[C@H](OC(=O)[C@H]6C[C@@H](C(=O)O)C6(C)C)C(C)(C)[C@@H]5CC[C@]43C)[C@@H]12. The number of carboxylic acid groups (broad SMARTS) is 1. The number of rotatable bonds is 9. The first kappa shape index (κ1) is 41.7. The normalized spacial score (nSPS) is 46.7. The Morgan fingerprint density at radius 3 is 2.13 bits per heavy atom. The number of aliphatic hydroxyl groups is 1. The van der Waals surface area contributed by atoms with E-state index in [4.69, 9.17) is 4.74 Å². The summed E-state index contributed by atoms with van der Waals surface area (Å²) in [4.78, 5) is 27.6. The summed E-state index contributed by atoms with van der Waals surface area (Å²) in [6, 6.07) is -0.120. The lowest BCUT2D eigenvalue weighted by atomic mass is 9.32. The van der Waals surface area contributed by atoms with Crippen molar-refractivity contribution in [1.82, 2.24) is 10.2 Å². The molecular formula is C45H74N2O7S. The molecule has 7 fully saturated rings. The van der Waals surface area contributed by atoms with E-state index in [0.717, 1.165) is 38.5 Å². The molecule has 7 aliphatic rings. The van der Waals surface area contributed by atoms with Crippen LogP contribution in [0.2, 0.25) is 0 Å². The van der Waals surface area contributed by atoms with Gasteiger partial charge in [-0.1, -0.05) is 60.6 Å². The molecule has 9 nitrogen and oxygen atoms in total. The van der Waals surface area contributed by atoms with Crippen LogP contribution in [0.4, 0.5) is 0 Å². The van der Waals surface area contributed by atoms with E-state index in [1.165, 1.54) is 31.3 Å². The average molecular weight is 787 g/mol. The van der Waals surface area contributed by atoms with Gasteiger partial charge in [0.05, 0.1) is 29.4 Å². The Morgan fingerprint density at radius 1 is 0.855 bits per heavy atom. The fraction of sp³-hybridized carbons (Fsp3) is 0.911. The van der Waals surface area contributed by atoms with Gasteiger partial charge in [0.1, 0.15) is 6.10 Å². The molecule has 2 unspecified atom stereocenters. The van der Waals surface area contributed by atoms with E-state index in [0.29, 0.717) is 55.6 Å². The molecule has 0 aromatic rings. The number of carboxylic acids is 1. The van der Waals surface area contributed by atoms with Crippen LogP contribution in [0, 0.1) is 68.5 Å². The van der Waals surface area contributed by atoms with Crippen LogP contribution in [0.5, 0.6) is 0 Å². The summed E-state index contributed by atoms with van der Waals surface area (Å²) in [5.41, 5.74) is 1.00. The zero-order chi connectivity index (χ0) is 40.3. The number of sulfone groups is 1. The third kappa shape index (κ3) is 6.33. The molecule has 0 bridgehead atoms. The van der Waals surface area contributed by atoms with Crippen LogP contribution in [0.1, 0.15) is 133 Å². The molecule has 1 saturated heterocycles. The number of hydrogen-bond donors (Lipinski definition) is 3. The summed E-state index contributed by atoms with van der Waals surface area (Å²) in [5, 5.41) is 24.8. The number of carbonyl (C=O) groups is 2. The highest BCUT2D eigenvalue weighted by molar-refractivity contribution is 7.91. The first-order valence-corrected chi connectivity index (χ1v) is 23.7. The topological polar surface area (TPSA) is 133 Å². The fourth-order valence-corrected chi connectivity index (χ4v) is 16.8. The molecule has 1 aliphatic heterocycles. The van der Waals surface area contributed by atoms with Gasteiger partial charge in [-0.15, -0.1) is 0 Å². The Balaban J connectivity index is 1.10. The van der Waals surface area contributed by atoms with Gasteiger partial charge in [0.2, 0.25) is 0 Å². The summed E-state index contributed by atoms with van der Waals surface area (Å²) in [6.45, 7) is 26.7. The van der Waals surface area contributed by atoms with E-state index in [-0.39, 0.29) is 62.7 Å². The number of nitrogens with zero attached hydrogens (tertiary/aromatic N) is 1. The van der Waals surface area contributed by atoms with E-state index in [9.17, 15) is 28.2 Å². The predicted molar refractivity (Wildman–Crippen MR) is 216 cm³/mol. The quantitative estimate of drug-likeness (QED) is 0.165. The van der Waals surface area contributed by atoms with Crippen molar-refractivity contribution in [2.24, 2.45) is 68.5 Å². The first-order valence-electron chi connectivity index (χ1n) is 21.9. The lowest BCUT2D eigenvalue weighted by molar-refractivity contribution is -0.248. The second-order valence-electron chi connectivity index (χ2n) is 22.0. The van der Waals surface area contributed by atoms with E-state index < -0.39 is 33.2 Å². The molecule has 10 heteroatoms. The molecule has 55 heavy (non-hydrogen) atoms. The Bertz CT molecular complexity index is 1640. The van der Waals surface area contributed by atoms with Crippen LogP contribution in [0.15, 0.2) is 12.2 Å². The zero-order valence-corrected chi connectivity index (χ0v) is 36.4. The Morgan fingerprint density at radius 2 is 1.53 bits per heavy atom. The maximum atomic E-state index is 13.6. The van der Waals surface area contributed by atoms with Crippen LogP contribution < -0.4 is 5.32 Å². The Hall–Kier alpha value is -1.49. The number of esters is 1. The number of carbonyl (C=O) groups excluding carboxylic acids is 1. The van der Waals surface area contributed by atoms with E-state index in [1.54, 1.807) is 0 Å². The molecule has 0 aromatic carbocycles. The van der Waals surface area contributed by atoms with Crippen LogP contribution in [-0.2, 0) is 24.2 Å². The fourth-order valence-electron chi connectivity index (χ4n) is 15.6. The Kier molecular flexibility index (Phi) is 10.4. The molecule has 7 rings (SSSR count). The molecule has 3 N–H and O–H groups in total. The Labute approximate surface area is 332 Å². The van der Waals surface area contributed by atoms with Gasteiger partial charge in [-0.2, -0.15) is 0 Å². The lowest BCUT2D eigenvalue weighted by Crippen LogP contribution is -2.69. The highest BCUT2D eigenvalue weighted by Crippen LogP contribution is 2.76. The highest BCUT2D eigenvalue weighted by atomic mass is 32.2. The molecule has 14 atom stereocenters. The van der Waals surface area contributed by atoms with Crippen molar-refractivity contribution < 1.29 is 33.0 Å². The third-order valence-electron chi connectivity index (χ3n) is 19.2. The molecular weight excluding hydrogens is 713 g/mol. The minimum Gasteiger partial charge on any atom is -0.481 e. The summed E-state index contributed by atoms with van der Waals surface area (Å²) < 4.78 is 30.9. The number of hydrogen-bond acceptors (Lipinski definition) is 8. The van der Waals surface area contributed by atoms with Gasteiger partial charge in [-0.05, 0) is 136 Å². The smallest absolute Gasteiger partial charge is 0.309 e. The van der Waals surface area contributed by atoms with Gasteiger partial charge < -0.3 is 20.3 Å². The molecule has 6 aliphatic carbocycles. The number of ether oxygens (including phenoxy) is 1. The van der Waals surface area contributed by atoms with Crippen molar-refractivity contribution in [3.05, 3.63) is 12.2 Å². The monoisotopic (exact) mass is 787 g/mol. The number of allylic oxidation sites excluding steroid dienone is 1. The predicted octanol–water partition coefficient (Wildman–Crippen LogP) is 7.12. The van der Waals surface area contributed by atoms with Crippen molar-refractivity contribution >= 4 is 21.8 Å². The van der Waals surface area contributed by atoms with Gasteiger partial charge in [0.25, 0.3) is 0 Å². The minimum atomic E-state index is -3.00. The first-order chi connectivity index (χ1) is 25.5. The molecule has 0 amide bonds. The number of fused-ring (bicyclic) bond motifs is 7. The van der Waals surface area contributed by atoms with Gasteiger partial charge in [-0.3, -0.25) is 14.5 Å². The lowest BCUT2D eigenvalue weighted by Gasteiger charge is -2.73. The van der Waals surface area contributed by atoms with Gasteiger partial charge in [0, 0.05) is 36.6 Å². The average Bonchev–Trinajstić information content (AvgIpc) is 3.46. The molecule has 0 aromatic heterocycles. The maximum Gasteiger partial charge on any atom is 0.309 e. The number of aliphatic carboxylic acids is 1. The van der Waals surface area contributed by atoms with Crippen LogP contribution in [0.3, 0.4) is 0 Å². The summed E-state index contributed by atoms with van der Waals surface area (Å²) in [7, 11) is -3.00. The van der Waals surface area contributed by atoms with Crippen molar-refractivity contribution in [3.8, 4) is 0 Å². The molecule has 0 spiro atoms. The van der Waals surface area contributed by atoms with E-state index in [2.05, 4.69) is 58.3 Å². The summed E-state index contributed by atoms with van der Waals surface area (Å²) in [6.07, 6.45) is 10.8. The van der Waals surface area contributed by atoms with Crippen molar-refractivity contribution in [1.29, 1.82) is 0 Å². The van der Waals surface area contributed by atoms with Crippen molar-refractivity contribution in [3.63, 3.8) is 0 Å². The number of aliphatic hydroxyl groups excluding tert-OH is 1. The van der Waals surface area contributed by atoms with Gasteiger partial charge in [-0.25, -0.2) is 8.42 Å². The third-order valence-corrected chi connectivity index (χ3v) is 20.8.